The van der Waals surface area contributed by atoms with Gasteiger partial charge in [0.25, 0.3) is 0 Å². The van der Waals surface area contributed by atoms with Crippen molar-refractivity contribution in [1.29, 1.82) is 0 Å². The van der Waals surface area contributed by atoms with Gasteiger partial charge in [-0.25, -0.2) is 4.99 Å². The molecule has 0 amide bonds. The third-order valence-electron chi connectivity index (χ3n) is 4.65. The molecule has 1 aromatic heterocycles. The van der Waals surface area contributed by atoms with Crippen LogP contribution in [-0.4, -0.2) is 0 Å². The summed E-state index contributed by atoms with van der Waals surface area (Å²) in [5, 5.41) is 3.66. The summed E-state index contributed by atoms with van der Waals surface area (Å²) >= 11 is 0. The highest BCUT2D eigenvalue weighted by Crippen LogP contribution is 2.45. The SMILES string of the molecule is CC(C)c1ccc(N=c2ssc3c2-c2ccccc2NC3(C)C)cc1. The zero-order valence-corrected chi connectivity index (χ0v) is 16.6. The standard InChI is InChI=1S/C21H22N2S2/c1-13(2)14-9-11-15(12-10-14)22-20-18-16-7-5-6-8-17(16)23-21(3,4)19(18)24-25-20/h5-13,23H,1-4H3. The van der Waals surface area contributed by atoms with Crippen LogP contribution in [0.5, 0.6) is 0 Å². The molecule has 1 aliphatic rings. The molecule has 0 spiro atoms. The van der Waals surface area contributed by atoms with Crippen molar-refractivity contribution in [2.45, 2.75) is 39.2 Å². The van der Waals surface area contributed by atoms with Crippen LogP contribution in [0.2, 0.25) is 0 Å². The number of hydrogen-bond acceptors (Lipinski definition) is 4. The Hall–Kier alpha value is -1.91. The maximum absolute atomic E-state index is 4.98. The molecule has 0 saturated heterocycles. The zero-order valence-electron chi connectivity index (χ0n) is 15.0. The molecule has 0 fully saturated rings. The highest BCUT2D eigenvalue weighted by molar-refractivity contribution is 7.68. The van der Waals surface area contributed by atoms with E-state index in [4.69, 9.17) is 4.99 Å². The van der Waals surface area contributed by atoms with Crippen LogP contribution in [0.1, 0.15) is 44.1 Å². The number of hydrogen-bond donors (Lipinski definition) is 1. The second-order valence-electron chi connectivity index (χ2n) is 7.33. The first-order chi connectivity index (χ1) is 12.0. The van der Waals surface area contributed by atoms with Gasteiger partial charge in [-0.3, -0.25) is 0 Å². The van der Waals surface area contributed by atoms with Gasteiger partial charge in [-0.1, -0.05) is 64.9 Å². The van der Waals surface area contributed by atoms with Crippen molar-refractivity contribution in [2.75, 3.05) is 5.32 Å². The predicted octanol–water partition coefficient (Wildman–Crippen LogP) is 6.49. The van der Waals surface area contributed by atoms with Gasteiger partial charge in [0.1, 0.15) is 4.67 Å². The van der Waals surface area contributed by atoms with Crippen LogP contribution in [0.15, 0.2) is 53.5 Å². The molecule has 4 rings (SSSR count). The summed E-state index contributed by atoms with van der Waals surface area (Å²) in [6.07, 6.45) is 0. The Balaban J connectivity index is 1.88. The van der Waals surface area contributed by atoms with Gasteiger partial charge in [0.05, 0.1) is 16.1 Å². The quantitative estimate of drug-likeness (QED) is 0.515. The van der Waals surface area contributed by atoms with Gasteiger partial charge in [-0.15, -0.1) is 0 Å². The topological polar surface area (TPSA) is 24.4 Å². The molecule has 0 radical (unpaired) electrons. The summed E-state index contributed by atoms with van der Waals surface area (Å²) in [6.45, 7) is 8.92. The number of fused-ring (bicyclic) bond motifs is 3. The Morgan fingerprint density at radius 3 is 2.40 bits per heavy atom. The van der Waals surface area contributed by atoms with Crippen molar-refractivity contribution in [1.82, 2.24) is 0 Å². The van der Waals surface area contributed by atoms with E-state index in [-0.39, 0.29) is 5.54 Å². The highest BCUT2D eigenvalue weighted by Gasteiger charge is 2.33. The summed E-state index contributed by atoms with van der Waals surface area (Å²) in [5.41, 5.74) is 6.05. The molecular weight excluding hydrogens is 344 g/mol. The van der Waals surface area contributed by atoms with E-state index in [0.29, 0.717) is 5.92 Å². The maximum Gasteiger partial charge on any atom is 0.135 e. The molecule has 1 N–H and O–H groups in total. The minimum Gasteiger partial charge on any atom is -0.375 e. The van der Waals surface area contributed by atoms with Crippen molar-refractivity contribution in [3.05, 3.63) is 63.6 Å². The van der Waals surface area contributed by atoms with Gasteiger partial charge in [0.15, 0.2) is 0 Å². The van der Waals surface area contributed by atoms with Gasteiger partial charge >= 0.3 is 0 Å². The first-order valence-corrected chi connectivity index (χ1v) is 10.8. The number of para-hydroxylation sites is 1. The van der Waals surface area contributed by atoms with Gasteiger partial charge in [0.2, 0.25) is 0 Å². The third kappa shape index (κ3) is 2.94. The first-order valence-electron chi connectivity index (χ1n) is 8.61. The van der Waals surface area contributed by atoms with Crippen LogP contribution in [0.4, 0.5) is 11.4 Å². The van der Waals surface area contributed by atoms with Gasteiger partial charge in [-0.05, 0) is 43.5 Å². The Kier molecular flexibility index (Phi) is 4.05. The van der Waals surface area contributed by atoms with Crippen LogP contribution in [0.25, 0.3) is 11.1 Å². The molecule has 4 heteroatoms. The van der Waals surface area contributed by atoms with Gasteiger partial charge in [-0.2, -0.15) is 0 Å². The summed E-state index contributed by atoms with van der Waals surface area (Å²) < 4.78 is 1.11. The molecule has 0 unspecified atom stereocenters. The number of benzene rings is 2. The van der Waals surface area contributed by atoms with Gasteiger partial charge in [0, 0.05) is 16.8 Å². The van der Waals surface area contributed by atoms with Crippen LogP contribution < -0.4 is 9.99 Å². The molecule has 3 aromatic rings. The zero-order chi connectivity index (χ0) is 17.6. The number of anilines is 1. The molecule has 1 aliphatic heterocycles. The molecule has 0 bridgehead atoms. The molecular formula is C21H22N2S2. The Labute approximate surface area is 156 Å². The Morgan fingerprint density at radius 1 is 0.960 bits per heavy atom. The molecule has 0 saturated carbocycles. The van der Waals surface area contributed by atoms with E-state index < -0.39 is 0 Å². The van der Waals surface area contributed by atoms with Crippen LogP contribution in [0.3, 0.4) is 0 Å². The fourth-order valence-electron chi connectivity index (χ4n) is 3.24. The molecule has 2 heterocycles. The van der Waals surface area contributed by atoms with E-state index in [2.05, 4.69) is 81.5 Å². The minimum atomic E-state index is -0.0693. The average molecular weight is 367 g/mol. The smallest absolute Gasteiger partial charge is 0.135 e. The normalized spacial score (nSPS) is 15.6. The summed E-state index contributed by atoms with van der Waals surface area (Å²) in [4.78, 5) is 6.35. The number of rotatable bonds is 2. The van der Waals surface area contributed by atoms with Crippen molar-refractivity contribution in [3.63, 3.8) is 0 Å². The molecule has 0 aliphatic carbocycles. The van der Waals surface area contributed by atoms with E-state index in [9.17, 15) is 0 Å². The second kappa shape index (κ2) is 6.11. The fourth-order valence-corrected chi connectivity index (χ4v) is 6.18. The van der Waals surface area contributed by atoms with Gasteiger partial charge < -0.3 is 5.32 Å². The third-order valence-corrected chi connectivity index (χ3v) is 7.29. The monoisotopic (exact) mass is 366 g/mol. The first kappa shape index (κ1) is 16.6. The van der Waals surface area contributed by atoms with Crippen molar-refractivity contribution < 1.29 is 0 Å². The summed E-state index contributed by atoms with van der Waals surface area (Å²) in [5.74, 6) is 0.546. The maximum atomic E-state index is 4.98. The van der Waals surface area contributed by atoms with E-state index in [1.165, 1.54) is 27.3 Å². The Morgan fingerprint density at radius 2 is 1.68 bits per heavy atom. The molecule has 0 atom stereocenters. The minimum absolute atomic E-state index is 0.0693. The number of nitrogens with one attached hydrogen (secondary N) is 1. The van der Waals surface area contributed by atoms with E-state index in [1.54, 1.807) is 10.3 Å². The fraction of sp³-hybridized carbons (Fsp3) is 0.286. The highest BCUT2D eigenvalue weighted by atomic mass is 32.9. The Bertz CT molecular complexity index is 976. The average Bonchev–Trinajstić information content (AvgIpc) is 3.00. The van der Waals surface area contributed by atoms with Crippen LogP contribution in [0, 0.1) is 0 Å². The summed E-state index contributed by atoms with van der Waals surface area (Å²) in [6, 6.07) is 17.2. The van der Waals surface area contributed by atoms with E-state index in [1.807, 2.05) is 10.3 Å². The second-order valence-corrected chi connectivity index (χ2v) is 9.46. The largest absolute Gasteiger partial charge is 0.375 e. The lowest BCUT2D eigenvalue weighted by molar-refractivity contribution is 0.619. The van der Waals surface area contributed by atoms with Crippen molar-refractivity contribution >= 4 is 32.1 Å². The molecule has 2 nitrogen and oxygen atoms in total. The predicted molar refractivity (Wildman–Crippen MR) is 110 cm³/mol. The molecule has 128 valence electrons. The number of nitrogens with zero attached hydrogens (tertiary/aromatic N) is 1. The lowest BCUT2D eigenvalue weighted by Crippen LogP contribution is -2.31. The van der Waals surface area contributed by atoms with E-state index in [0.717, 1.165) is 10.4 Å². The molecule has 2 aromatic carbocycles. The lowest BCUT2D eigenvalue weighted by Gasteiger charge is -2.33. The lowest BCUT2D eigenvalue weighted by atomic mass is 9.90. The molecule has 25 heavy (non-hydrogen) atoms. The van der Waals surface area contributed by atoms with Crippen LogP contribution >= 0.6 is 20.7 Å². The van der Waals surface area contributed by atoms with Crippen molar-refractivity contribution in [2.24, 2.45) is 4.99 Å². The van der Waals surface area contributed by atoms with Crippen molar-refractivity contribution in [3.8, 4) is 11.1 Å². The summed E-state index contributed by atoms with van der Waals surface area (Å²) in [7, 11) is 3.61. The van der Waals surface area contributed by atoms with E-state index >= 15 is 0 Å². The van der Waals surface area contributed by atoms with Crippen LogP contribution in [-0.2, 0) is 5.54 Å².